The fraction of sp³-hybridized carbons (Fsp3) is 0.579. The van der Waals surface area contributed by atoms with Crippen LogP contribution in [-0.2, 0) is 0 Å². The van der Waals surface area contributed by atoms with E-state index in [-0.39, 0.29) is 0 Å². The van der Waals surface area contributed by atoms with Gasteiger partial charge in [0.05, 0.1) is 11.9 Å². The lowest BCUT2D eigenvalue weighted by Gasteiger charge is -2.14. The molecule has 0 atom stereocenters. The van der Waals surface area contributed by atoms with E-state index < -0.39 is 0 Å². The third kappa shape index (κ3) is 4.57. The van der Waals surface area contributed by atoms with Crippen molar-refractivity contribution < 1.29 is 0 Å². The summed E-state index contributed by atoms with van der Waals surface area (Å²) in [6.45, 7) is 6.91. The summed E-state index contributed by atoms with van der Waals surface area (Å²) >= 11 is 0. The highest BCUT2D eigenvalue weighted by Crippen LogP contribution is 2.12. The molecular formula is C19H29N5. The molecule has 1 fully saturated rings. The number of aromatic nitrogens is 3. The first-order valence-corrected chi connectivity index (χ1v) is 9.34. The number of anilines is 1. The first-order valence-electron chi connectivity index (χ1n) is 9.34. The van der Waals surface area contributed by atoms with Gasteiger partial charge in [-0.3, -0.25) is 0 Å². The summed E-state index contributed by atoms with van der Waals surface area (Å²) in [6.07, 6.45) is 13.7. The zero-order chi connectivity index (χ0) is 16.6. The molecule has 0 radical (unpaired) electrons. The van der Waals surface area contributed by atoms with Crippen LogP contribution in [0.4, 0.5) is 5.82 Å². The van der Waals surface area contributed by atoms with E-state index in [0.29, 0.717) is 0 Å². The lowest BCUT2D eigenvalue weighted by atomic mass is 10.2. The van der Waals surface area contributed by atoms with Crippen LogP contribution in [0.1, 0.15) is 51.1 Å². The summed E-state index contributed by atoms with van der Waals surface area (Å²) in [6, 6.07) is 4.04. The molecule has 1 N–H and O–H groups in total. The number of hydrogen-bond donors (Lipinski definition) is 1. The molecule has 0 saturated carbocycles. The molecule has 24 heavy (non-hydrogen) atoms. The zero-order valence-corrected chi connectivity index (χ0v) is 14.7. The topological polar surface area (TPSA) is 45.5 Å². The molecule has 0 aromatic carbocycles. The van der Waals surface area contributed by atoms with Crippen molar-refractivity contribution in [1.82, 2.24) is 19.5 Å². The fourth-order valence-electron chi connectivity index (χ4n) is 3.15. The standard InChI is InChI=1S/C19H29N5/c1-2-3-4-5-9-17-16-21-19-11-10-18(22-24(17)19)20-12-8-15-23-13-6-7-14-23/h5,9-11,16H,2-4,6-8,12-15H2,1H3,(H,20,22)/b9-5+. The zero-order valence-electron chi connectivity index (χ0n) is 14.7. The summed E-state index contributed by atoms with van der Waals surface area (Å²) in [7, 11) is 0. The lowest BCUT2D eigenvalue weighted by molar-refractivity contribution is 0.337. The van der Waals surface area contributed by atoms with Gasteiger partial charge in [-0.15, -0.1) is 5.10 Å². The van der Waals surface area contributed by atoms with Crippen molar-refractivity contribution in [2.24, 2.45) is 0 Å². The first kappa shape index (κ1) is 17.0. The van der Waals surface area contributed by atoms with E-state index in [1.807, 2.05) is 22.8 Å². The Morgan fingerprint density at radius 3 is 2.92 bits per heavy atom. The molecule has 0 bridgehead atoms. The van der Waals surface area contributed by atoms with Gasteiger partial charge in [0.2, 0.25) is 0 Å². The summed E-state index contributed by atoms with van der Waals surface area (Å²) in [5.74, 6) is 0.921. The van der Waals surface area contributed by atoms with E-state index in [2.05, 4.69) is 39.4 Å². The molecule has 5 heteroatoms. The summed E-state index contributed by atoms with van der Waals surface area (Å²) in [5.41, 5.74) is 1.94. The average Bonchev–Trinajstić information content (AvgIpc) is 3.25. The van der Waals surface area contributed by atoms with Gasteiger partial charge in [0.25, 0.3) is 0 Å². The van der Waals surface area contributed by atoms with Crippen LogP contribution in [-0.4, -0.2) is 45.7 Å². The van der Waals surface area contributed by atoms with Crippen molar-refractivity contribution >= 4 is 17.5 Å². The Balaban J connectivity index is 1.54. The highest BCUT2D eigenvalue weighted by atomic mass is 15.3. The Hall–Kier alpha value is -1.88. The van der Waals surface area contributed by atoms with Gasteiger partial charge in [-0.1, -0.05) is 25.8 Å². The quantitative estimate of drug-likeness (QED) is 0.711. The average molecular weight is 327 g/mol. The Kier molecular flexibility index (Phi) is 6.24. The predicted octanol–water partition coefficient (Wildman–Crippen LogP) is 3.83. The van der Waals surface area contributed by atoms with Crippen molar-refractivity contribution in [2.45, 2.75) is 45.4 Å². The largest absolute Gasteiger partial charge is 0.369 e. The molecule has 130 valence electrons. The van der Waals surface area contributed by atoms with Crippen molar-refractivity contribution in [3.63, 3.8) is 0 Å². The van der Waals surface area contributed by atoms with E-state index >= 15 is 0 Å². The van der Waals surface area contributed by atoms with E-state index in [1.54, 1.807) is 0 Å². The minimum Gasteiger partial charge on any atom is -0.369 e. The number of imidazole rings is 1. The molecule has 3 heterocycles. The summed E-state index contributed by atoms with van der Waals surface area (Å²) < 4.78 is 1.92. The first-order chi connectivity index (χ1) is 11.9. The van der Waals surface area contributed by atoms with E-state index in [0.717, 1.165) is 36.5 Å². The number of hydrogen-bond acceptors (Lipinski definition) is 4. The van der Waals surface area contributed by atoms with Crippen molar-refractivity contribution in [1.29, 1.82) is 0 Å². The Labute approximate surface area is 144 Å². The van der Waals surface area contributed by atoms with Gasteiger partial charge in [-0.05, 0) is 63.5 Å². The van der Waals surface area contributed by atoms with Crippen LogP contribution in [0.25, 0.3) is 11.7 Å². The lowest BCUT2D eigenvalue weighted by Crippen LogP contribution is -2.22. The van der Waals surface area contributed by atoms with E-state index in [1.165, 1.54) is 45.3 Å². The third-order valence-corrected chi connectivity index (χ3v) is 4.56. The minimum absolute atomic E-state index is 0.896. The number of nitrogens with zero attached hydrogens (tertiary/aromatic N) is 4. The second kappa shape index (κ2) is 8.83. The highest BCUT2D eigenvalue weighted by Gasteiger charge is 2.10. The summed E-state index contributed by atoms with van der Waals surface area (Å²) in [5, 5.41) is 8.13. The number of fused-ring (bicyclic) bond motifs is 1. The van der Waals surface area contributed by atoms with Gasteiger partial charge in [0, 0.05) is 6.54 Å². The van der Waals surface area contributed by atoms with Crippen LogP contribution in [0, 0.1) is 0 Å². The SMILES string of the molecule is CCCC/C=C/c1cnc2ccc(NCCCN3CCCC3)nn12. The molecule has 0 unspecified atom stereocenters. The van der Waals surface area contributed by atoms with Crippen LogP contribution < -0.4 is 5.32 Å². The number of allylic oxidation sites excluding steroid dienone is 1. The number of rotatable bonds is 9. The van der Waals surface area contributed by atoms with Crippen molar-refractivity contribution in [2.75, 3.05) is 31.5 Å². The second-order valence-electron chi connectivity index (χ2n) is 6.55. The molecule has 1 saturated heterocycles. The van der Waals surface area contributed by atoms with Gasteiger partial charge in [0.1, 0.15) is 5.82 Å². The molecule has 0 aliphatic carbocycles. The van der Waals surface area contributed by atoms with Gasteiger partial charge in [-0.2, -0.15) is 0 Å². The predicted molar refractivity (Wildman–Crippen MR) is 100 cm³/mol. The highest BCUT2D eigenvalue weighted by molar-refractivity contribution is 5.53. The monoisotopic (exact) mass is 327 g/mol. The Morgan fingerprint density at radius 2 is 2.08 bits per heavy atom. The molecule has 5 nitrogen and oxygen atoms in total. The Bertz CT molecular complexity index is 655. The maximum Gasteiger partial charge on any atom is 0.154 e. The maximum absolute atomic E-state index is 4.68. The molecule has 0 spiro atoms. The normalized spacial score (nSPS) is 15.7. The van der Waals surface area contributed by atoms with Crippen LogP contribution in [0.15, 0.2) is 24.4 Å². The van der Waals surface area contributed by atoms with Crippen LogP contribution in [0.5, 0.6) is 0 Å². The smallest absolute Gasteiger partial charge is 0.154 e. The molecular weight excluding hydrogens is 298 g/mol. The van der Waals surface area contributed by atoms with Crippen molar-refractivity contribution in [3.05, 3.63) is 30.1 Å². The molecule has 2 aromatic heterocycles. The van der Waals surface area contributed by atoms with Gasteiger partial charge in [-0.25, -0.2) is 9.50 Å². The second-order valence-corrected chi connectivity index (χ2v) is 6.55. The van der Waals surface area contributed by atoms with Crippen LogP contribution >= 0.6 is 0 Å². The number of nitrogens with one attached hydrogen (secondary N) is 1. The number of likely N-dealkylation sites (tertiary alicyclic amines) is 1. The van der Waals surface area contributed by atoms with Gasteiger partial charge in [0.15, 0.2) is 5.65 Å². The van der Waals surface area contributed by atoms with E-state index in [9.17, 15) is 0 Å². The Morgan fingerprint density at radius 1 is 1.21 bits per heavy atom. The molecule has 2 aromatic rings. The van der Waals surface area contributed by atoms with Crippen LogP contribution in [0.3, 0.4) is 0 Å². The van der Waals surface area contributed by atoms with Crippen molar-refractivity contribution in [3.8, 4) is 0 Å². The van der Waals surface area contributed by atoms with Gasteiger partial charge >= 0.3 is 0 Å². The maximum atomic E-state index is 4.68. The summed E-state index contributed by atoms with van der Waals surface area (Å²) in [4.78, 5) is 6.97. The van der Waals surface area contributed by atoms with Crippen LogP contribution in [0.2, 0.25) is 0 Å². The fourth-order valence-corrected chi connectivity index (χ4v) is 3.15. The van der Waals surface area contributed by atoms with E-state index in [4.69, 9.17) is 0 Å². The molecule has 3 rings (SSSR count). The number of unbranched alkanes of at least 4 members (excludes halogenated alkanes) is 2. The molecule has 1 aliphatic heterocycles. The third-order valence-electron chi connectivity index (χ3n) is 4.56. The van der Waals surface area contributed by atoms with Gasteiger partial charge < -0.3 is 10.2 Å². The molecule has 0 amide bonds. The molecule has 1 aliphatic rings. The minimum atomic E-state index is 0.896.